The van der Waals surface area contributed by atoms with Crippen LogP contribution in [0.1, 0.15) is 25.8 Å². The summed E-state index contributed by atoms with van der Waals surface area (Å²) in [4.78, 5) is 17.3. The van der Waals surface area contributed by atoms with Crippen LogP contribution in [0.4, 0.5) is 11.4 Å². The molecule has 0 aromatic heterocycles. The first-order valence-corrected chi connectivity index (χ1v) is 8.06. The van der Waals surface area contributed by atoms with Crippen molar-refractivity contribution >= 4 is 28.3 Å². The highest BCUT2D eigenvalue weighted by Crippen LogP contribution is 2.31. The lowest BCUT2D eigenvalue weighted by Gasteiger charge is -2.22. The Morgan fingerprint density at radius 2 is 2.24 bits per heavy atom. The molecule has 1 heterocycles. The summed E-state index contributed by atoms with van der Waals surface area (Å²) in [6, 6.07) is 5.33. The van der Waals surface area contributed by atoms with Gasteiger partial charge in [-0.3, -0.25) is 10.1 Å². The van der Waals surface area contributed by atoms with Crippen molar-refractivity contribution in [3.05, 3.63) is 33.9 Å². The molecule has 0 saturated carbocycles. The average Bonchev–Trinajstić information content (AvgIpc) is 2.73. The molecule has 0 radical (unpaired) electrons. The summed E-state index contributed by atoms with van der Waals surface area (Å²) in [7, 11) is 2.08. The highest BCUT2D eigenvalue weighted by molar-refractivity contribution is 8.14. The van der Waals surface area contributed by atoms with Gasteiger partial charge in [-0.1, -0.05) is 25.6 Å². The molecule has 1 fully saturated rings. The number of non-ortho nitro benzene ring substituents is 1. The predicted octanol–water partition coefficient (Wildman–Crippen LogP) is 3.98. The van der Waals surface area contributed by atoms with Gasteiger partial charge in [0.2, 0.25) is 0 Å². The summed E-state index contributed by atoms with van der Waals surface area (Å²) < 4.78 is 0. The number of rotatable bonds is 4. The van der Waals surface area contributed by atoms with Crippen LogP contribution in [0, 0.1) is 23.0 Å². The van der Waals surface area contributed by atoms with E-state index in [1.807, 2.05) is 6.92 Å². The Kier molecular flexibility index (Phi) is 4.88. The quantitative estimate of drug-likeness (QED) is 0.623. The summed E-state index contributed by atoms with van der Waals surface area (Å²) in [5.41, 5.74) is 1.75. The molecular formula is C15H21N3O2S. The fourth-order valence-corrected chi connectivity index (χ4v) is 3.62. The van der Waals surface area contributed by atoms with Crippen molar-refractivity contribution in [2.24, 2.45) is 10.9 Å². The minimum Gasteiger partial charge on any atom is -0.350 e. The van der Waals surface area contributed by atoms with E-state index in [4.69, 9.17) is 0 Å². The molecule has 5 nitrogen and oxygen atoms in total. The highest BCUT2D eigenvalue weighted by atomic mass is 32.2. The van der Waals surface area contributed by atoms with Crippen LogP contribution in [0.2, 0.25) is 0 Å². The number of nitro benzene ring substituents is 1. The molecule has 0 spiro atoms. The molecule has 0 bridgehead atoms. The van der Waals surface area contributed by atoms with E-state index in [0.717, 1.165) is 28.6 Å². The van der Waals surface area contributed by atoms with Gasteiger partial charge >= 0.3 is 0 Å². The van der Waals surface area contributed by atoms with Crippen molar-refractivity contribution in [2.45, 2.75) is 33.2 Å². The fraction of sp³-hybridized carbons (Fsp3) is 0.533. The molecular weight excluding hydrogens is 286 g/mol. The van der Waals surface area contributed by atoms with Gasteiger partial charge in [-0.05, 0) is 30.9 Å². The van der Waals surface area contributed by atoms with Crippen molar-refractivity contribution in [3.8, 4) is 0 Å². The second-order valence-electron chi connectivity index (χ2n) is 5.83. The topological polar surface area (TPSA) is 58.7 Å². The summed E-state index contributed by atoms with van der Waals surface area (Å²) >= 11 is 1.76. The molecule has 1 aromatic rings. The van der Waals surface area contributed by atoms with Gasteiger partial charge in [0, 0.05) is 31.0 Å². The van der Waals surface area contributed by atoms with E-state index < -0.39 is 0 Å². The Bertz CT molecular complexity index is 572. The van der Waals surface area contributed by atoms with E-state index in [2.05, 4.69) is 30.8 Å². The van der Waals surface area contributed by atoms with Crippen molar-refractivity contribution in [1.29, 1.82) is 0 Å². The normalized spacial score (nSPS) is 20.5. The van der Waals surface area contributed by atoms with Gasteiger partial charge in [0.15, 0.2) is 5.17 Å². The maximum atomic E-state index is 10.8. The van der Waals surface area contributed by atoms with E-state index in [0.29, 0.717) is 12.0 Å². The van der Waals surface area contributed by atoms with E-state index in [1.54, 1.807) is 23.9 Å². The number of thioether (sulfide) groups is 1. The van der Waals surface area contributed by atoms with Gasteiger partial charge in [0.25, 0.3) is 5.69 Å². The predicted molar refractivity (Wildman–Crippen MR) is 88.4 cm³/mol. The number of benzene rings is 1. The van der Waals surface area contributed by atoms with Crippen molar-refractivity contribution in [1.82, 2.24) is 4.90 Å². The van der Waals surface area contributed by atoms with Crippen LogP contribution in [0.5, 0.6) is 0 Å². The minimum absolute atomic E-state index is 0.113. The molecule has 0 aliphatic carbocycles. The molecule has 1 aromatic carbocycles. The molecule has 0 amide bonds. The molecule has 114 valence electrons. The van der Waals surface area contributed by atoms with Crippen molar-refractivity contribution in [3.63, 3.8) is 0 Å². The van der Waals surface area contributed by atoms with Crippen LogP contribution in [-0.2, 0) is 0 Å². The van der Waals surface area contributed by atoms with Crippen LogP contribution >= 0.6 is 11.8 Å². The van der Waals surface area contributed by atoms with Gasteiger partial charge in [-0.2, -0.15) is 0 Å². The standard InChI is InChI=1S/C15H21N3O2S/c1-10(2)7-13-9-21-15(17(13)4)16-14-6-5-12(18(19)20)8-11(14)3/h5-6,8,10,13H,7,9H2,1-4H3/t13-/m0/s1. The SMILES string of the molecule is Cc1cc([N+](=O)[O-])ccc1N=C1SC[C@H](CC(C)C)N1C. The number of aliphatic imine (C=N–C) groups is 1. The van der Waals surface area contributed by atoms with Gasteiger partial charge in [-0.25, -0.2) is 4.99 Å². The summed E-state index contributed by atoms with van der Waals surface area (Å²) in [5, 5.41) is 11.8. The van der Waals surface area contributed by atoms with Crippen molar-refractivity contribution in [2.75, 3.05) is 12.8 Å². The maximum absolute atomic E-state index is 10.8. The first-order chi connectivity index (χ1) is 9.88. The molecule has 21 heavy (non-hydrogen) atoms. The Labute approximate surface area is 129 Å². The van der Waals surface area contributed by atoms with E-state index in [-0.39, 0.29) is 10.6 Å². The zero-order valence-electron chi connectivity index (χ0n) is 12.9. The van der Waals surface area contributed by atoms with Gasteiger partial charge in [0.1, 0.15) is 0 Å². The maximum Gasteiger partial charge on any atom is 0.269 e. The van der Waals surface area contributed by atoms with Crippen LogP contribution in [0.25, 0.3) is 0 Å². The van der Waals surface area contributed by atoms with Crippen LogP contribution in [0.15, 0.2) is 23.2 Å². The Balaban J connectivity index is 2.19. The number of hydrogen-bond donors (Lipinski definition) is 0. The van der Waals surface area contributed by atoms with Crippen LogP contribution in [0.3, 0.4) is 0 Å². The highest BCUT2D eigenvalue weighted by Gasteiger charge is 2.27. The minimum atomic E-state index is -0.376. The number of aryl methyl sites for hydroxylation is 1. The molecule has 2 rings (SSSR count). The fourth-order valence-electron chi connectivity index (χ4n) is 2.40. The third-order valence-electron chi connectivity index (χ3n) is 3.61. The van der Waals surface area contributed by atoms with Gasteiger partial charge in [-0.15, -0.1) is 0 Å². The summed E-state index contributed by atoms with van der Waals surface area (Å²) in [6.45, 7) is 6.32. The molecule has 0 unspecified atom stereocenters. The Morgan fingerprint density at radius 1 is 1.52 bits per heavy atom. The number of hydrogen-bond acceptors (Lipinski definition) is 4. The first kappa shape index (κ1) is 15.8. The zero-order valence-corrected chi connectivity index (χ0v) is 13.7. The number of amidine groups is 1. The first-order valence-electron chi connectivity index (χ1n) is 7.08. The second-order valence-corrected chi connectivity index (χ2v) is 6.81. The monoisotopic (exact) mass is 307 g/mol. The largest absolute Gasteiger partial charge is 0.350 e. The van der Waals surface area contributed by atoms with Crippen LogP contribution < -0.4 is 0 Å². The number of nitro groups is 1. The molecule has 0 N–H and O–H groups in total. The van der Waals surface area contributed by atoms with E-state index in [1.165, 1.54) is 6.07 Å². The lowest BCUT2D eigenvalue weighted by atomic mass is 10.0. The molecule has 1 aliphatic heterocycles. The third-order valence-corrected chi connectivity index (χ3v) is 4.79. The lowest BCUT2D eigenvalue weighted by Crippen LogP contribution is -2.30. The van der Waals surface area contributed by atoms with E-state index >= 15 is 0 Å². The second kappa shape index (κ2) is 6.47. The van der Waals surface area contributed by atoms with Gasteiger partial charge < -0.3 is 4.90 Å². The summed E-state index contributed by atoms with van der Waals surface area (Å²) in [5.74, 6) is 1.72. The molecule has 1 aliphatic rings. The smallest absolute Gasteiger partial charge is 0.269 e. The van der Waals surface area contributed by atoms with Crippen molar-refractivity contribution < 1.29 is 4.92 Å². The third kappa shape index (κ3) is 3.75. The number of nitrogens with zero attached hydrogens (tertiary/aromatic N) is 3. The Hall–Kier alpha value is -1.56. The molecule has 1 atom stereocenters. The van der Waals surface area contributed by atoms with E-state index in [9.17, 15) is 10.1 Å². The average molecular weight is 307 g/mol. The van der Waals surface area contributed by atoms with Gasteiger partial charge in [0.05, 0.1) is 10.6 Å². The summed E-state index contributed by atoms with van der Waals surface area (Å²) in [6.07, 6.45) is 1.15. The Morgan fingerprint density at radius 3 is 2.81 bits per heavy atom. The molecule has 6 heteroatoms. The lowest BCUT2D eigenvalue weighted by molar-refractivity contribution is -0.384. The zero-order chi connectivity index (χ0) is 15.6. The molecule has 1 saturated heterocycles. The van der Waals surface area contributed by atoms with Crippen LogP contribution in [-0.4, -0.2) is 33.8 Å².